The zero-order valence-corrected chi connectivity index (χ0v) is 15.4. The Morgan fingerprint density at radius 3 is 2.88 bits per heavy atom. The number of halogens is 2. The van der Waals surface area contributed by atoms with E-state index < -0.39 is 11.4 Å². The molecule has 1 amide bonds. The fraction of sp³-hybridized carbons (Fsp3) is 0.167. The van der Waals surface area contributed by atoms with Gasteiger partial charge in [0.25, 0.3) is 5.56 Å². The van der Waals surface area contributed by atoms with E-state index in [9.17, 15) is 14.0 Å². The monoisotopic (exact) mass is 419 g/mol. The van der Waals surface area contributed by atoms with Crippen LogP contribution in [0.4, 0.5) is 4.39 Å². The fourth-order valence-corrected chi connectivity index (χ4v) is 2.94. The standard InChI is InChI=1S/C18H15BrFN3O3/c1-26-16-5-2-12(19)6-11(16)8-21-17(24)9-23-10-22-15-4-3-13(20)7-14(15)18(23)25/h2-7,10H,8-9H2,1H3,(H,21,24). The van der Waals surface area contributed by atoms with Crippen molar-refractivity contribution in [2.45, 2.75) is 13.1 Å². The van der Waals surface area contributed by atoms with E-state index in [-0.39, 0.29) is 24.4 Å². The lowest BCUT2D eigenvalue weighted by molar-refractivity contribution is -0.121. The number of hydrogen-bond acceptors (Lipinski definition) is 4. The van der Waals surface area contributed by atoms with Crippen LogP contribution < -0.4 is 15.6 Å². The maximum absolute atomic E-state index is 13.4. The van der Waals surface area contributed by atoms with Crippen LogP contribution >= 0.6 is 15.9 Å². The summed E-state index contributed by atoms with van der Waals surface area (Å²) in [5, 5.41) is 2.87. The Hall–Kier alpha value is -2.74. The van der Waals surface area contributed by atoms with E-state index in [0.29, 0.717) is 11.3 Å². The number of ether oxygens (including phenoxy) is 1. The van der Waals surface area contributed by atoms with Crippen molar-refractivity contribution in [2.24, 2.45) is 0 Å². The highest BCUT2D eigenvalue weighted by molar-refractivity contribution is 9.10. The van der Waals surface area contributed by atoms with Crippen molar-refractivity contribution in [1.82, 2.24) is 14.9 Å². The van der Waals surface area contributed by atoms with Gasteiger partial charge in [0, 0.05) is 16.6 Å². The third-order valence-electron chi connectivity index (χ3n) is 3.82. The Morgan fingerprint density at radius 1 is 1.31 bits per heavy atom. The van der Waals surface area contributed by atoms with Gasteiger partial charge in [-0.05, 0) is 36.4 Å². The van der Waals surface area contributed by atoms with Gasteiger partial charge in [-0.1, -0.05) is 15.9 Å². The zero-order valence-electron chi connectivity index (χ0n) is 13.8. The molecule has 8 heteroatoms. The van der Waals surface area contributed by atoms with E-state index in [1.54, 1.807) is 13.2 Å². The lowest BCUT2D eigenvalue weighted by Gasteiger charge is -2.11. The summed E-state index contributed by atoms with van der Waals surface area (Å²) < 4.78 is 20.6. The molecule has 1 N–H and O–H groups in total. The summed E-state index contributed by atoms with van der Waals surface area (Å²) in [4.78, 5) is 28.7. The van der Waals surface area contributed by atoms with E-state index >= 15 is 0 Å². The Morgan fingerprint density at radius 2 is 2.12 bits per heavy atom. The largest absolute Gasteiger partial charge is 0.496 e. The first-order valence-corrected chi connectivity index (χ1v) is 8.51. The molecule has 0 bridgehead atoms. The van der Waals surface area contributed by atoms with Gasteiger partial charge >= 0.3 is 0 Å². The average molecular weight is 420 g/mol. The van der Waals surface area contributed by atoms with Crippen LogP contribution in [0.1, 0.15) is 5.56 Å². The molecule has 0 fully saturated rings. The van der Waals surface area contributed by atoms with Crippen LogP contribution in [0.15, 0.2) is 52.0 Å². The molecule has 0 radical (unpaired) electrons. The van der Waals surface area contributed by atoms with E-state index in [4.69, 9.17) is 4.74 Å². The molecule has 0 aliphatic carbocycles. The molecule has 3 rings (SSSR count). The predicted octanol–water partition coefficient (Wildman–Crippen LogP) is 2.62. The molecule has 134 valence electrons. The number of nitrogens with zero attached hydrogens (tertiary/aromatic N) is 2. The molecule has 0 atom stereocenters. The fourth-order valence-electron chi connectivity index (χ4n) is 2.53. The first-order valence-electron chi connectivity index (χ1n) is 7.72. The summed E-state index contributed by atoms with van der Waals surface area (Å²) in [5.41, 5.74) is 0.706. The molecule has 26 heavy (non-hydrogen) atoms. The van der Waals surface area contributed by atoms with E-state index in [2.05, 4.69) is 26.2 Å². The Balaban J connectivity index is 1.75. The van der Waals surface area contributed by atoms with Crippen molar-refractivity contribution >= 4 is 32.7 Å². The maximum Gasteiger partial charge on any atom is 0.261 e. The number of aromatic nitrogens is 2. The van der Waals surface area contributed by atoms with Crippen LogP contribution in [0.2, 0.25) is 0 Å². The third kappa shape index (κ3) is 3.91. The van der Waals surface area contributed by atoms with E-state index in [1.165, 1.54) is 18.5 Å². The van der Waals surface area contributed by atoms with Gasteiger partial charge in [0.2, 0.25) is 5.91 Å². The second-order valence-corrected chi connectivity index (χ2v) is 6.49. The van der Waals surface area contributed by atoms with Gasteiger partial charge in [-0.3, -0.25) is 14.2 Å². The van der Waals surface area contributed by atoms with Crippen molar-refractivity contribution < 1.29 is 13.9 Å². The second kappa shape index (κ2) is 7.65. The molecule has 3 aromatic rings. The number of methoxy groups -OCH3 is 1. The lowest BCUT2D eigenvalue weighted by Crippen LogP contribution is -2.32. The molecular formula is C18H15BrFN3O3. The quantitative estimate of drug-likeness (QED) is 0.689. The van der Waals surface area contributed by atoms with Crippen LogP contribution in [0.25, 0.3) is 10.9 Å². The van der Waals surface area contributed by atoms with Crippen LogP contribution in [0.5, 0.6) is 5.75 Å². The van der Waals surface area contributed by atoms with Crippen LogP contribution in [-0.4, -0.2) is 22.6 Å². The maximum atomic E-state index is 13.4. The van der Waals surface area contributed by atoms with Crippen molar-refractivity contribution in [3.63, 3.8) is 0 Å². The number of hydrogen-bond donors (Lipinski definition) is 1. The van der Waals surface area contributed by atoms with Crippen molar-refractivity contribution in [3.05, 3.63) is 68.9 Å². The minimum atomic E-state index is -0.527. The minimum absolute atomic E-state index is 0.133. The highest BCUT2D eigenvalue weighted by Gasteiger charge is 2.10. The molecule has 1 heterocycles. The molecule has 0 saturated carbocycles. The summed E-state index contributed by atoms with van der Waals surface area (Å²) in [5.74, 6) is -0.249. The number of amides is 1. The van der Waals surface area contributed by atoms with Gasteiger partial charge in [0.1, 0.15) is 18.1 Å². The number of nitrogens with one attached hydrogen (secondary N) is 1. The second-order valence-electron chi connectivity index (χ2n) is 5.57. The normalized spacial score (nSPS) is 10.7. The van der Waals surface area contributed by atoms with Crippen LogP contribution in [0.3, 0.4) is 0 Å². The Bertz CT molecular complexity index is 1040. The van der Waals surface area contributed by atoms with Crippen molar-refractivity contribution in [3.8, 4) is 5.75 Å². The zero-order chi connectivity index (χ0) is 18.7. The molecule has 1 aromatic heterocycles. The van der Waals surface area contributed by atoms with Gasteiger partial charge in [-0.15, -0.1) is 0 Å². The highest BCUT2D eigenvalue weighted by Crippen LogP contribution is 2.22. The Kier molecular flexibility index (Phi) is 5.32. The van der Waals surface area contributed by atoms with Gasteiger partial charge in [-0.2, -0.15) is 0 Å². The minimum Gasteiger partial charge on any atom is -0.496 e. The number of carbonyl (C=O) groups is 1. The lowest BCUT2D eigenvalue weighted by atomic mass is 10.2. The average Bonchev–Trinajstić information content (AvgIpc) is 2.63. The van der Waals surface area contributed by atoms with Crippen molar-refractivity contribution in [2.75, 3.05) is 7.11 Å². The van der Waals surface area contributed by atoms with Gasteiger partial charge in [0.05, 0.1) is 24.3 Å². The van der Waals surface area contributed by atoms with Gasteiger partial charge in [-0.25, -0.2) is 9.37 Å². The molecule has 0 spiro atoms. The van der Waals surface area contributed by atoms with Gasteiger partial charge < -0.3 is 10.1 Å². The molecule has 6 nitrogen and oxygen atoms in total. The predicted molar refractivity (Wildman–Crippen MR) is 98.5 cm³/mol. The molecular weight excluding hydrogens is 405 g/mol. The van der Waals surface area contributed by atoms with Gasteiger partial charge in [0.15, 0.2) is 0 Å². The first kappa shape index (κ1) is 18.1. The summed E-state index contributed by atoms with van der Waals surface area (Å²) >= 11 is 3.37. The Labute approximate surface area is 156 Å². The summed E-state index contributed by atoms with van der Waals surface area (Å²) in [6, 6.07) is 9.24. The van der Waals surface area contributed by atoms with Crippen LogP contribution in [0, 0.1) is 5.82 Å². The van der Waals surface area contributed by atoms with E-state index in [0.717, 1.165) is 20.7 Å². The summed E-state index contributed by atoms with van der Waals surface area (Å²) in [6.45, 7) is 0.0282. The van der Waals surface area contributed by atoms with Crippen LogP contribution in [-0.2, 0) is 17.9 Å². The third-order valence-corrected chi connectivity index (χ3v) is 4.31. The van der Waals surface area contributed by atoms with Crippen molar-refractivity contribution in [1.29, 1.82) is 0 Å². The summed E-state index contributed by atoms with van der Waals surface area (Å²) in [7, 11) is 1.55. The number of fused-ring (bicyclic) bond motifs is 1. The molecule has 2 aromatic carbocycles. The first-order chi connectivity index (χ1) is 12.5. The number of rotatable bonds is 5. The number of benzene rings is 2. The number of carbonyl (C=O) groups excluding carboxylic acids is 1. The summed E-state index contributed by atoms with van der Waals surface area (Å²) in [6.07, 6.45) is 1.28. The SMILES string of the molecule is COc1ccc(Br)cc1CNC(=O)Cn1cnc2ccc(F)cc2c1=O. The molecule has 0 unspecified atom stereocenters. The highest BCUT2D eigenvalue weighted by atomic mass is 79.9. The topological polar surface area (TPSA) is 73.2 Å². The molecule has 0 aliphatic rings. The molecule has 0 saturated heterocycles. The molecule has 0 aliphatic heterocycles. The smallest absolute Gasteiger partial charge is 0.261 e. The van der Waals surface area contributed by atoms with E-state index in [1.807, 2.05) is 12.1 Å².